The minimum atomic E-state index is -0.0907. The molecule has 154 valence electrons. The maximum Gasteiger partial charge on any atom is 0.227 e. The molecule has 0 aliphatic carbocycles. The lowest BCUT2D eigenvalue weighted by Gasteiger charge is -2.35. The molecule has 2 fully saturated rings. The molecule has 0 bridgehead atoms. The first-order chi connectivity index (χ1) is 13.5. The van der Waals surface area contributed by atoms with Crippen molar-refractivity contribution in [2.45, 2.75) is 57.9 Å². The second-order valence-corrected chi connectivity index (χ2v) is 8.60. The lowest BCUT2D eigenvalue weighted by molar-refractivity contribution is -0.139. The van der Waals surface area contributed by atoms with Crippen LogP contribution in [0.1, 0.15) is 51.0 Å². The molecule has 5 heteroatoms. The molecule has 2 aliphatic rings. The highest BCUT2D eigenvalue weighted by Crippen LogP contribution is 2.26. The smallest absolute Gasteiger partial charge is 0.227 e. The van der Waals surface area contributed by atoms with Crippen LogP contribution < -0.4 is 5.73 Å². The number of hydrogen-bond donors (Lipinski definition) is 1. The molecule has 0 radical (unpaired) electrons. The van der Waals surface area contributed by atoms with Gasteiger partial charge in [-0.15, -0.1) is 0 Å². The lowest BCUT2D eigenvalue weighted by Crippen LogP contribution is -2.45. The quantitative estimate of drug-likeness (QED) is 0.847. The summed E-state index contributed by atoms with van der Waals surface area (Å²) in [6.45, 7) is 4.39. The van der Waals surface area contributed by atoms with Crippen molar-refractivity contribution in [3.05, 3.63) is 35.9 Å². The SMILES string of the molecule is CC(=O)N1C[C@@H](N)CC[C@@H](C(=O)N2CCC(CCCc3ccccc3)CC2)C1. The summed E-state index contributed by atoms with van der Waals surface area (Å²) in [6, 6.07) is 10.7. The third kappa shape index (κ3) is 5.81. The number of nitrogens with zero attached hydrogens (tertiary/aromatic N) is 2. The van der Waals surface area contributed by atoms with Crippen LogP contribution in [0.25, 0.3) is 0 Å². The Morgan fingerprint density at radius 3 is 2.39 bits per heavy atom. The van der Waals surface area contributed by atoms with Gasteiger partial charge in [-0.2, -0.15) is 0 Å². The van der Waals surface area contributed by atoms with E-state index in [0.717, 1.165) is 51.1 Å². The summed E-state index contributed by atoms with van der Waals surface area (Å²) < 4.78 is 0. The second-order valence-electron chi connectivity index (χ2n) is 8.60. The Bertz CT molecular complexity index is 641. The molecule has 3 rings (SSSR count). The van der Waals surface area contributed by atoms with Gasteiger partial charge in [-0.05, 0) is 56.4 Å². The summed E-state index contributed by atoms with van der Waals surface area (Å²) in [5, 5.41) is 0. The van der Waals surface area contributed by atoms with Gasteiger partial charge < -0.3 is 15.5 Å². The summed E-state index contributed by atoms with van der Waals surface area (Å²) >= 11 is 0. The Kier molecular flexibility index (Phi) is 7.49. The molecular weight excluding hydrogens is 350 g/mol. The number of piperidine rings is 1. The van der Waals surface area contributed by atoms with Gasteiger partial charge in [0, 0.05) is 39.1 Å². The number of aryl methyl sites for hydroxylation is 1. The molecule has 2 atom stereocenters. The van der Waals surface area contributed by atoms with Crippen molar-refractivity contribution < 1.29 is 9.59 Å². The van der Waals surface area contributed by atoms with Crippen molar-refractivity contribution in [2.24, 2.45) is 17.6 Å². The third-order valence-electron chi connectivity index (χ3n) is 6.42. The highest BCUT2D eigenvalue weighted by atomic mass is 16.2. The minimum absolute atomic E-state index is 0.0166. The van der Waals surface area contributed by atoms with Crippen molar-refractivity contribution in [3.63, 3.8) is 0 Å². The number of rotatable bonds is 5. The molecule has 1 aromatic rings. The van der Waals surface area contributed by atoms with Crippen LogP contribution in [0.4, 0.5) is 0 Å². The molecule has 2 amide bonds. The highest BCUT2D eigenvalue weighted by Gasteiger charge is 2.32. The zero-order valence-corrected chi connectivity index (χ0v) is 17.2. The normalized spacial score (nSPS) is 24.1. The molecule has 5 nitrogen and oxygen atoms in total. The molecule has 0 saturated carbocycles. The fourth-order valence-corrected chi connectivity index (χ4v) is 4.62. The van der Waals surface area contributed by atoms with Crippen LogP contribution in [-0.4, -0.2) is 53.8 Å². The van der Waals surface area contributed by atoms with E-state index in [1.807, 2.05) is 4.90 Å². The Morgan fingerprint density at radius 2 is 1.71 bits per heavy atom. The zero-order chi connectivity index (χ0) is 19.9. The van der Waals surface area contributed by atoms with Gasteiger partial charge in [0.1, 0.15) is 0 Å². The Hall–Kier alpha value is -1.88. The summed E-state index contributed by atoms with van der Waals surface area (Å²) in [5.41, 5.74) is 7.51. The zero-order valence-electron chi connectivity index (χ0n) is 17.2. The van der Waals surface area contributed by atoms with E-state index < -0.39 is 0 Å². The Morgan fingerprint density at radius 1 is 1.00 bits per heavy atom. The monoisotopic (exact) mass is 385 g/mol. The summed E-state index contributed by atoms with van der Waals surface area (Å²) in [6.07, 6.45) is 7.41. The first-order valence-electron chi connectivity index (χ1n) is 10.9. The van der Waals surface area contributed by atoms with Crippen molar-refractivity contribution in [3.8, 4) is 0 Å². The van der Waals surface area contributed by atoms with Crippen molar-refractivity contribution in [1.29, 1.82) is 0 Å². The summed E-state index contributed by atoms with van der Waals surface area (Å²) in [4.78, 5) is 28.7. The maximum atomic E-state index is 13.0. The molecule has 1 aromatic carbocycles. The number of amides is 2. The van der Waals surface area contributed by atoms with Gasteiger partial charge in [0.05, 0.1) is 5.92 Å². The molecular formula is C23H35N3O2. The van der Waals surface area contributed by atoms with E-state index in [2.05, 4.69) is 30.3 Å². The molecule has 2 saturated heterocycles. The second kappa shape index (κ2) is 10.1. The van der Waals surface area contributed by atoms with E-state index in [1.165, 1.54) is 18.4 Å². The van der Waals surface area contributed by atoms with Crippen LogP contribution in [0.5, 0.6) is 0 Å². The van der Waals surface area contributed by atoms with Crippen LogP contribution in [0.3, 0.4) is 0 Å². The fraction of sp³-hybridized carbons (Fsp3) is 0.652. The topological polar surface area (TPSA) is 66.6 Å². The van der Waals surface area contributed by atoms with Crippen LogP contribution >= 0.6 is 0 Å². The number of benzene rings is 1. The molecule has 2 aliphatic heterocycles. The van der Waals surface area contributed by atoms with E-state index in [4.69, 9.17) is 5.73 Å². The van der Waals surface area contributed by atoms with Crippen LogP contribution in [0.2, 0.25) is 0 Å². The largest absolute Gasteiger partial charge is 0.342 e. The predicted molar refractivity (Wildman–Crippen MR) is 112 cm³/mol. The minimum Gasteiger partial charge on any atom is -0.342 e. The maximum absolute atomic E-state index is 13.0. The van der Waals surface area contributed by atoms with Gasteiger partial charge in [0.25, 0.3) is 0 Å². The van der Waals surface area contributed by atoms with E-state index in [1.54, 1.807) is 11.8 Å². The van der Waals surface area contributed by atoms with Gasteiger partial charge in [0.2, 0.25) is 11.8 Å². The van der Waals surface area contributed by atoms with Gasteiger partial charge in [-0.3, -0.25) is 9.59 Å². The predicted octanol–water partition coefficient (Wildman–Crippen LogP) is 2.83. The Labute approximate surface area is 169 Å². The lowest BCUT2D eigenvalue weighted by atomic mass is 9.90. The number of nitrogens with two attached hydrogens (primary N) is 1. The molecule has 28 heavy (non-hydrogen) atoms. The standard InChI is InChI=1S/C23H35N3O2/c1-18(27)26-16-21(10-11-22(24)17-26)23(28)25-14-12-20(13-15-25)9-5-8-19-6-3-2-4-7-19/h2-4,6-7,20-22H,5,8-17,24H2,1H3/t21-,22+/m1/s1. The van der Waals surface area contributed by atoms with Crippen LogP contribution in [0.15, 0.2) is 30.3 Å². The number of carbonyl (C=O) groups is 2. The first kappa shape index (κ1) is 20.8. The number of carbonyl (C=O) groups excluding carboxylic acids is 2. The van der Waals surface area contributed by atoms with E-state index in [0.29, 0.717) is 13.1 Å². The van der Waals surface area contributed by atoms with Crippen LogP contribution in [0, 0.1) is 11.8 Å². The van der Waals surface area contributed by atoms with Gasteiger partial charge in [-0.25, -0.2) is 0 Å². The highest BCUT2D eigenvalue weighted by molar-refractivity contribution is 5.80. The third-order valence-corrected chi connectivity index (χ3v) is 6.42. The van der Waals surface area contributed by atoms with Crippen LogP contribution in [-0.2, 0) is 16.0 Å². The van der Waals surface area contributed by atoms with Crippen molar-refractivity contribution >= 4 is 11.8 Å². The molecule has 0 unspecified atom stereocenters. The van der Waals surface area contributed by atoms with Gasteiger partial charge in [0.15, 0.2) is 0 Å². The molecule has 2 N–H and O–H groups in total. The molecule has 2 heterocycles. The van der Waals surface area contributed by atoms with E-state index >= 15 is 0 Å². The summed E-state index contributed by atoms with van der Waals surface area (Å²) in [5.74, 6) is 0.881. The summed E-state index contributed by atoms with van der Waals surface area (Å²) in [7, 11) is 0. The van der Waals surface area contributed by atoms with Gasteiger partial charge in [-0.1, -0.05) is 30.3 Å². The first-order valence-corrected chi connectivity index (χ1v) is 10.9. The van der Waals surface area contributed by atoms with Crippen molar-refractivity contribution in [2.75, 3.05) is 26.2 Å². The fourth-order valence-electron chi connectivity index (χ4n) is 4.62. The Balaban J connectivity index is 1.43. The average Bonchev–Trinajstić information content (AvgIpc) is 2.91. The number of likely N-dealkylation sites (tertiary alicyclic amines) is 2. The molecule has 0 spiro atoms. The van der Waals surface area contributed by atoms with Gasteiger partial charge >= 0.3 is 0 Å². The average molecular weight is 386 g/mol. The number of hydrogen-bond acceptors (Lipinski definition) is 3. The van der Waals surface area contributed by atoms with E-state index in [-0.39, 0.29) is 23.8 Å². The molecule has 0 aromatic heterocycles. The van der Waals surface area contributed by atoms with Crippen molar-refractivity contribution in [1.82, 2.24) is 9.80 Å². The van der Waals surface area contributed by atoms with E-state index in [9.17, 15) is 9.59 Å².